The summed E-state index contributed by atoms with van der Waals surface area (Å²) in [6, 6.07) is 28.0. The molecule has 0 spiro atoms. The highest BCUT2D eigenvalue weighted by atomic mass is 16.1. The quantitative estimate of drug-likeness (QED) is 0.361. The highest BCUT2D eigenvalue weighted by Crippen LogP contribution is 2.30. The van der Waals surface area contributed by atoms with Gasteiger partial charge in [-0.25, -0.2) is 4.98 Å². The van der Waals surface area contributed by atoms with E-state index in [1.54, 1.807) is 16.7 Å². The van der Waals surface area contributed by atoms with E-state index in [1.807, 2.05) is 73.7 Å². The molecule has 0 bridgehead atoms. The highest BCUT2D eigenvalue weighted by molar-refractivity contribution is 5.96. The fourth-order valence-corrected chi connectivity index (χ4v) is 4.41. The van der Waals surface area contributed by atoms with Crippen molar-refractivity contribution >= 4 is 22.5 Å². The number of aromatic nitrogens is 3. The number of fused-ring (bicyclic) bond motifs is 1. The lowest BCUT2D eigenvalue weighted by Gasteiger charge is -2.22. The summed E-state index contributed by atoms with van der Waals surface area (Å²) in [6.45, 7) is 1.89. The van der Waals surface area contributed by atoms with Gasteiger partial charge >= 0.3 is 0 Å². The summed E-state index contributed by atoms with van der Waals surface area (Å²) in [5.41, 5.74) is 9.22. The summed E-state index contributed by atoms with van der Waals surface area (Å²) >= 11 is 0. The van der Waals surface area contributed by atoms with Crippen molar-refractivity contribution in [3.05, 3.63) is 112 Å². The first-order valence-corrected chi connectivity index (χ1v) is 11.5. The van der Waals surface area contributed by atoms with Crippen molar-refractivity contribution in [1.29, 1.82) is 10.5 Å². The van der Waals surface area contributed by atoms with E-state index in [1.165, 1.54) is 6.20 Å². The molecule has 0 fully saturated rings. The molecule has 5 rings (SSSR count). The third kappa shape index (κ3) is 4.36. The first kappa shape index (κ1) is 23.3. The van der Waals surface area contributed by atoms with Crippen LogP contribution < -0.4 is 16.6 Å². The Kier molecular flexibility index (Phi) is 6.07. The molecule has 37 heavy (non-hydrogen) atoms. The Labute approximate surface area is 212 Å². The number of anilines is 2. The number of rotatable bonds is 5. The van der Waals surface area contributed by atoms with Gasteiger partial charge in [-0.1, -0.05) is 48.5 Å². The van der Waals surface area contributed by atoms with Crippen LogP contribution in [-0.4, -0.2) is 14.5 Å². The molecule has 3 N–H and O–H groups in total. The zero-order chi connectivity index (χ0) is 25.9. The van der Waals surface area contributed by atoms with Crippen molar-refractivity contribution in [2.45, 2.75) is 13.0 Å². The molecule has 3 aromatic carbocycles. The molecule has 0 radical (unpaired) electrons. The van der Waals surface area contributed by atoms with Crippen LogP contribution in [0.25, 0.3) is 27.6 Å². The lowest BCUT2D eigenvalue weighted by Crippen LogP contribution is -2.26. The van der Waals surface area contributed by atoms with E-state index in [-0.39, 0.29) is 22.9 Å². The molecular formula is C29H21N7O. The van der Waals surface area contributed by atoms with E-state index < -0.39 is 6.04 Å². The summed E-state index contributed by atoms with van der Waals surface area (Å²) < 4.78 is 1.66. The molecular weight excluding hydrogens is 462 g/mol. The van der Waals surface area contributed by atoms with Gasteiger partial charge in [-0.3, -0.25) is 9.36 Å². The van der Waals surface area contributed by atoms with Crippen LogP contribution in [0.5, 0.6) is 0 Å². The average molecular weight is 484 g/mol. The predicted octanol–water partition coefficient (Wildman–Crippen LogP) is 4.95. The van der Waals surface area contributed by atoms with Crippen LogP contribution in [0.3, 0.4) is 0 Å². The molecule has 0 saturated carbocycles. The summed E-state index contributed by atoms with van der Waals surface area (Å²) in [5.74, 6) is 0.327. The zero-order valence-electron chi connectivity index (χ0n) is 19.9. The van der Waals surface area contributed by atoms with Crippen LogP contribution >= 0.6 is 0 Å². The van der Waals surface area contributed by atoms with Crippen LogP contribution in [0.15, 0.2) is 89.9 Å². The van der Waals surface area contributed by atoms with Crippen molar-refractivity contribution in [2.24, 2.45) is 0 Å². The first-order valence-electron chi connectivity index (χ1n) is 11.5. The monoisotopic (exact) mass is 483 g/mol. The minimum atomic E-state index is -0.427. The zero-order valence-corrected chi connectivity index (χ0v) is 19.9. The maximum absolute atomic E-state index is 14.2. The molecule has 0 unspecified atom stereocenters. The number of nitrogen functional groups attached to an aromatic ring is 1. The van der Waals surface area contributed by atoms with Crippen molar-refractivity contribution in [3.8, 4) is 29.0 Å². The number of nitrogens with one attached hydrogen (secondary N) is 1. The second kappa shape index (κ2) is 9.65. The summed E-state index contributed by atoms with van der Waals surface area (Å²) in [4.78, 5) is 22.3. The molecule has 0 saturated heterocycles. The number of pyridine rings is 1. The van der Waals surface area contributed by atoms with E-state index in [0.717, 1.165) is 16.5 Å². The van der Waals surface area contributed by atoms with Crippen LogP contribution in [0.2, 0.25) is 0 Å². The summed E-state index contributed by atoms with van der Waals surface area (Å²) in [7, 11) is 0. The minimum Gasteiger partial charge on any atom is -0.368 e. The van der Waals surface area contributed by atoms with Gasteiger partial charge in [-0.15, -0.1) is 0 Å². The Balaban J connectivity index is 1.75. The average Bonchev–Trinajstić information content (AvgIpc) is 2.93. The third-order valence-electron chi connectivity index (χ3n) is 6.12. The van der Waals surface area contributed by atoms with Crippen LogP contribution in [0.1, 0.15) is 29.8 Å². The topological polar surface area (TPSA) is 133 Å². The number of nitrogens with zero attached hydrogens (tertiary/aromatic N) is 5. The van der Waals surface area contributed by atoms with Gasteiger partial charge in [0.15, 0.2) is 0 Å². The smallest absolute Gasteiger partial charge is 0.263 e. The molecule has 1 atom stereocenters. The van der Waals surface area contributed by atoms with E-state index in [2.05, 4.69) is 27.4 Å². The molecule has 0 aliphatic heterocycles. The molecule has 2 aromatic heterocycles. The Morgan fingerprint density at radius 2 is 1.76 bits per heavy atom. The highest BCUT2D eigenvalue weighted by Gasteiger charge is 2.20. The lowest BCUT2D eigenvalue weighted by atomic mass is 9.97. The fraction of sp³-hybridized carbons (Fsp3) is 0.0690. The van der Waals surface area contributed by atoms with Crippen LogP contribution in [0, 0.1) is 22.7 Å². The molecule has 178 valence electrons. The number of benzene rings is 3. The van der Waals surface area contributed by atoms with E-state index in [9.17, 15) is 15.3 Å². The maximum Gasteiger partial charge on any atom is 0.263 e. The summed E-state index contributed by atoms with van der Waals surface area (Å²) in [6.07, 6.45) is 1.36. The van der Waals surface area contributed by atoms with E-state index >= 15 is 0 Å². The number of hydrogen-bond donors (Lipinski definition) is 2. The Hall–Kier alpha value is -5.47. The Bertz CT molecular complexity index is 1780. The van der Waals surface area contributed by atoms with E-state index in [4.69, 9.17) is 5.73 Å². The normalized spacial score (nSPS) is 11.4. The SMILES string of the molecule is C[C@H](Nc1nc(N)ncc1C#N)c1cc2cccc(-c3cccc(C#N)c3)c2c(=O)n1-c1ccccc1. The van der Waals surface area contributed by atoms with Crippen molar-refractivity contribution in [1.82, 2.24) is 14.5 Å². The first-order chi connectivity index (χ1) is 18.0. The van der Waals surface area contributed by atoms with Gasteiger partial charge < -0.3 is 11.1 Å². The molecule has 0 amide bonds. The number of nitriles is 2. The lowest BCUT2D eigenvalue weighted by molar-refractivity contribution is 0.772. The largest absolute Gasteiger partial charge is 0.368 e. The number of para-hydroxylation sites is 1. The Morgan fingerprint density at radius 1 is 0.973 bits per heavy atom. The second-order valence-electron chi connectivity index (χ2n) is 8.48. The van der Waals surface area contributed by atoms with Crippen molar-refractivity contribution in [3.63, 3.8) is 0 Å². The molecule has 8 nitrogen and oxygen atoms in total. The van der Waals surface area contributed by atoms with Crippen molar-refractivity contribution in [2.75, 3.05) is 11.1 Å². The standard InChI is InChI=1S/C29H21N7O/c1-18(34-27-22(16-31)17-33-29(32)35-27)25-14-21-9-6-12-24(20-8-5-7-19(13-20)15-30)26(21)28(37)36(25)23-10-3-2-4-11-23/h2-14,17-18H,1H3,(H3,32,33,34,35)/t18-/m0/s1. The predicted molar refractivity (Wildman–Crippen MR) is 143 cm³/mol. The van der Waals surface area contributed by atoms with Gasteiger partial charge in [-0.2, -0.15) is 15.5 Å². The van der Waals surface area contributed by atoms with E-state index in [0.29, 0.717) is 22.3 Å². The van der Waals surface area contributed by atoms with Crippen molar-refractivity contribution < 1.29 is 0 Å². The van der Waals surface area contributed by atoms with Crippen LogP contribution in [-0.2, 0) is 0 Å². The van der Waals surface area contributed by atoms with Crippen LogP contribution in [0.4, 0.5) is 11.8 Å². The van der Waals surface area contributed by atoms with Gasteiger partial charge in [-0.05, 0) is 53.8 Å². The molecule has 0 aliphatic carbocycles. The van der Waals surface area contributed by atoms with Gasteiger partial charge in [0, 0.05) is 11.4 Å². The molecule has 5 aromatic rings. The molecule has 0 aliphatic rings. The van der Waals surface area contributed by atoms with Gasteiger partial charge in [0.05, 0.1) is 29.3 Å². The third-order valence-corrected chi connectivity index (χ3v) is 6.12. The van der Waals surface area contributed by atoms with Gasteiger partial charge in [0.1, 0.15) is 17.5 Å². The van der Waals surface area contributed by atoms with Gasteiger partial charge in [0.25, 0.3) is 5.56 Å². The maximum atomic E-state index is 14.2. The Morgan fingerprint density at radius 3 is 2.51 bits per heavy atom. The second-order valence-corrected chi connectivity index (χ2v) is 8.48. The van der Waals surface area contributed by atoms with Gasteiger partial charge in [0.2, 0.25) is 5.95 Å². The number of hydrogen-bond acceptors (Lipinski definition) is 7. The molecule has 2 heterocycles. The minimum absolute atomic E-state index is 0.0388. The fourth-order valence-electron chi connectivity index (χ4n) is 4.41. The summed E-state index contributed by atoms with van der Waals surface area (Å²) in [5, 5.41) is 23.4. The molecule has 8 heteroatoms. The number of nitrogens with two attached hydrogens (primary N) is 1.